The van der Waals surface area contributed by atoms with Crippen molar-refractivity contribution in [2.75, 3.05) is 0 Å². The maximum atomic E-state index is 11.9. The maximum Gasteiger partial charge on any atom is 0.183 e. The Balaban J connectivity index is 1.99. The first-order valence-electron chi connectivity index (χ1n) is 5.74. The molecule has 0 unspecified atom stereocenters. The molecule has 0 fully saturated rings. The molecule has 0 aliphatic rings. The Morgan fingerprint density at radius 1 is 1.29 bits per heavy atom. The molecule has 0 spiro atoms. The Kier molecular flexibility index (Phi) is 3.38. The van der Waals surface area contributed by atoms with Crippen molar-refractivity contribution in [3.63, 3.8) is 0 Å². The lowest BCUT2D eigenvalue weighted by atomic mass is 10.0. The van der Waals surface area contributed by atoms with Crippen molar-refractivity contribution in [2.24, 2.45) is 7.05 Å². The number of aromatic nitrogens is 2. The summed E-state index contributed by atoms with van der Waals surface area (Å²) in [6.07, 6.45) is 3.09. The molecule has 1 aromatic heterocycles. The first-order valence-corrected chi connectivity index (χ1v) is 5.74. The van der Waals surface area contributed by atoms with Crippen molar-refractivity contribution < 1.29 is 4.79 Å². The molecule has 3 heteroatoms. The quantitative estimate of drug-likeness (QED) is 0.754. The summed E-state index contributed by atoms with van der Waals surface area (Å²) < 4.78 is 1.65. The van der Waals surface area contributed by atoms with E-state index in [0.29, 0.717) is 12.1 Å². The van der Waals surface area contributed by atoms with Gasteiger partial charge in [0.15, 0.2) is 5.78 Å². The van der Waals surface area contributed by atoms with Crippen LogP contribution in [0.25, 0.3) is 0 Å². The van der Waals surface area contributed by atoms with Gasteiger partial charge in [0.1, 0.15) is 5.69 Å². The second-order valence-corrected chi connectivity index (χ2v) is 4.22. The maximum absolute atomic E-state index is 11.9. The van der Waals surface area contributed by atoms with Gasteiger partial charge in [-0.3, -0.25) is 9.48 Å². The van der Waals surface area contributed by atoms with Gasteiger partial charge < -0.3 is 0 Å². The molecule has 0 aliphatic carbocycles. The SMILES string of the molecule is Cc1ccccc1CCC(=O)c1ccn(C)n1. The van der Waals surface area contributed by atoms with Gasteiger partial charge in [0.2, 0.25) is 0 Å². The van der Waals surface area contributed by atoms with Crippen LogP contribution in [0.15, 0.2) is 36.5 Å². The molecule has 2 aromatic rings. The van der Waals surface area contributed by atoms with Crippen molar-refractivity contribution in [3.05, 3.63) is 53.3 Å². The molecular formula is C14H16N2O. The Hall–Kier alpha value is -1.90. The van der Waals surface area contributed by atoms with Gasteiger partial charge in [0, 0.05) is 19.7 Å². The van der Waals surface area contributed by atoms with Gasteiger partial charge in [-0.15, -0.1) is 0 Å². The normalized spacial score (nSPS) is 10.5. The van der Waals surface area contributed by atoms with Crippen LogP contribution < -0.4 is 0 Å². The van der Waals surface area contributed by atoms with Crippen molar-refractivity contribution in [2.45, 2.75) is 19.8 Å². The summed E-state index contributed by atoms with van der Waals surface area (Å²) in [5.74, 6) is 0.105. The van der Waals surface area contributed by atoms with E-state index in [-0.39, 0.29) is 5.78 Å². The zero-order chi connectivity index (χ0) is 12.3. The monoisotopic (exact) mass is 228 g/mol. The minimum absolute atomic E-state index is 0.105. The van der Waals surface area contributed by atoms with Crippen molar-refractivity contribution in [1.29, 1.82) is 0 Å². The van der Waals surface area contributed by atoms with Gasteiger partial charge in [0.25, 0.3) is 0 Å². The fourth-order valence-electron chi connectivity index (χ4n) is 1.83. The lowest BCUT2D eigenvalue weighted by molar-refractivity contribution is 0.0977. The van der Waals surface area contributed by atoms with Gasteiger partial charge in [-0.2, -0.15) is 5.10 Å². The van der Waals surface area contributed by atoms with E-state index in [1.807, 2.05) is 19.2 Å². The van der Waals surface area contributed by atoms with Crippen LogP contribution in [0.5, 0.6) is 0 Å². The first-order chi connectivity index (χ1) is 8.16. The van der Waals surface area contributed by atoms with Crippen LogP contribution in [-0.4, -0.2) is 15.6 Å². The fourth-order valence-corrected chi connectivity index (χ4v) is 1.83. The third-order valence-electron chi connectivity index (χ3n) is 2.88. The van der Waals surface area contributed by atoms with Crippen molar-refractivity contribution in [1.82, 2.24) is 9.78 Å². The van der Waals surface area contributed by atoms with Crippen LogP contribution in [0.4, 0.5) is 0 Å². The van der Waals surface area contributed by atoms with Crippen LogP contribution in [0, 0.1) is 6.92 Å². The molecule has 1 heterocycles. The number of Topliss-reactive ketones (excluding diaryl/α,β-unsaturated/α-hetero) is 1. The molecule has 0 saturated heterocycles. The largest absolute Gasteiger partial charge is 0.292 e. The summed E-state index contributed by atoms with van der Waals surface area (Å²) in [6.45, 7) is 2.07. The molecule has 0 amide bonds. The molecule has 17 heavy (non-hydrogen) atoms. The number of nitrogens with zero attached hydrogens (tertiary/aromatic N) is 2. The molecule has 0 bridgehead atoms. The lowest BCUT2D eigenvalue weighted by Gasteiger charge is -2.03. The number of rotatable bonds is 4. The Labute approximate surface area is 101 Å². The number of ketones is 1. The van der Waals surface area contributed by atoms with Crippen molar-refractivity contribution >= 4 is 5.78 Å². The third-order valence-corrected chi connectivity index (χ3v) is 2.88. The predicted molar refractivity (Wildman–Crippen MR) is 67.0 cm³/mol. The lowest BCUT2D eigenvalue weighted by Crippen LogP contribution is -2.03. The average molecular weight is 228 g/mol. The van der Waals surface area contributed by atoms with Gasteiger partial charge in [-0.25, -0.2) is 0 Å². The molecule has 0 radical (unpaired) electrons. The Morgan fingerprint density at radius 3 is 2.71 bits per heavy atom. The number of carbonyl (C=O) groups is 1. The minimum Gasteiger partial charge on any atom is -0.292 e. The fraction of sp³-hybridized carbons (Fsp3) is 0.286. The number of hydrogen-bond donors (Lipinski definition) is 0. The Bertz CT molecular complexity index is 529. The number of carbonyl (C=O) groups excluding carboxylic acids is 1. The van der Waals surface area contributed by atoms with E-state index in [2.05, 4.69) is 24.2 Å². The highest BCUT2D eigenvalue weighted by Crippen LogP contribution is 2.11. The first kappa shape index (κ1) is 11.6. The summed E-state index contributed by atoms with van der Waals surface area (Å²) in [4.78, 5) is 11.9. The zero-order valence-corrected chi connectivity index (χ0v) is 10.2. The molecular weight excluding hydrogens is 212 g/mol. The molecule has 3 nitrogen and oxygen atoms in total. The van der Waals surface area contributed by atoms with Crippen LogP contribution in [0.2, 0.25) is 0 Å². The molecule has 0 atom stereocenters. The molecule has 0 aliphatic heterocycles. The molecule has 2 rings (SSSR count). The number of hydrogen-bond acceptors (Lipinski definition) is 2. The number of aryl methyl sites for hydroxylation is 3. The van der Waals surface area contributed by atoms with E-state index in [0.717, 1.165) is 6.42 Å². The van der Waals surface area contributed by atoms with E-state index in [4.69, 9.17) is 0 Å². The van der Waals surface area contributed by atoms with E-state index < -0.39 is 0 Å². The van der Waals surface area contributed by atoms with E-state index in [1.165, 1.54) is 11.1 Å². The highest BCUT2D eigenvalue weighted by atomic mass is 16.1. The smallest absolute Gasteiger partial charge is 0.183 e. The van der Waals surface area contributed by atoms with Gasteiger partial charge >= 0.3 is 0 Å². The zero-order valence-electron chi connectivity index (χ0n) is 10.2. The topological polar surface area (TPSA) is 34.9 Å². The average Bonchev–Trinajstić information content (AvgIpc) is 2.74. The molecule has 0 saturated carbocycles. The third kappa shape index (κ3) is 2.81. The predicted octanol–water partition coefficient (Wildman–Crippen LogP) is 2.54. The van der Waals surface area contributed by atoms with Gasteiger partial charge in [0.05, 0.1) is 0 Å². The summed E-state index contributed by atoms with van der Waals surface area (Å²) in [5, 5.41) is 4.11. The minimum atomic E-state index is 0.105. The highest BCUT2D eigenvalue weighted by Gasteiger charge is 2.09. The van der Waals surface area contributed by atoms with Gasteiger partial charge in [-0.1, -0.05) is 24.3 Å². The summed E-state index contributed by atoms with van der Waals surface area (Å²) >= 11 is 0. The van der Waals surface area contributed by atoms with Crippen LogP contribution >= 0.6 is 0 Å². The number of benzene rings is 1. The van der Waals surface area contributed by atoms with Crippen LogP contribution in [-0.2, 0) is 13.5 Å². The van der Waals surface area contributed by atoms with Crippen LogP contribution in [0.1, 0.15) is 28.0 Å². The standard InChI is InChI=1S/C14H16N2O/c1-11-5-3-4-6-12(11)7-8-14(17)13-9-10-16(2)15-13/h3-6,9-10H,7-8H2,1-2H3. The van der Waals surface area contributed by atoms with Gasteiger partial charge in [-0.05, 0) is 30.5 Å². The Morgan fingerprint density at radius 2 is 2.06 bits per heavy atom. The molecule has 0 N–H and O–H groups in total. The van der Waals surface area contributed by atoms with Crippen LogP contribution in [0.3, 0.4) is 0 Å². The second kappa shape index (κ2) is 4.95. The summed E-state index contributed by atoms with van der Waals surface area (Å²) in [7, 11) is 1.82. The second-order valence-electron chi connectivity index (χ2n) is 4.22. The molecule has 1 aromatic carbocycles. The summed E-state index contributed by atoms with van der Waals surface area (Å²) in [5.41, 5.74) is 3.03. The van der Waals surface area contributed by atoms with E-state index >= 15 is 0 Å². The van der Waals surface area contributed by atoms with Crippen molar-refractivity contribution in [3.8, 4) is 0 Å². The highest BCUT2D eigenvalue weighted by molar-refractivity contribution is 5.94. The molecule has 88 valence electrons. The van der Waals surface area contributed by atoms with E-state index in [9.17, 15) is 4.79 Å². The summed E-state index contributed by atoms with van der Waals surface area (Å²) in [6, 6.07) is 9.93. The van der Waals surface area contributed by atoms with E-state index in [1.54, 1.807) is 16.9 Å².